The highest BCUT2D eigenvalue weighted by Crippen LogP contribution is 2.26. The Morgan fingerprint density at radius 2 is 1.85 bits per heavy atom. The lowest BCUT2D eigenvalue weighted by atomic mass is 10.2. The summed E-state index contributed by atoms with van der Waals surface area (Å²) >= 11 is 11.5. The highest BCUT2D eigenvalue weighted by molar-refractivity contribution is 6.32. The normalized spacial score (nSPS) is 10.2. The molecular formula is C14H12Cl2N2O2. The van der Waals surface area contributed by atoms with Crippen LogP contribution >= 0.6 is 23.2 Å². The maximum atomic E-state index is 11.8. The quantitative estimate of drug-likeness (QED) is 0.756. The van der Waals surface area contributed by atoms with E-state index in [1.165, 1.54) is 12.1 Å². The Morgan fingerprint density at radius 1 is 1.10 bits per heavy atom. The molecule has 0 radical (unpaired) electrons. The molecule has 2 amide bonds. The number of halogens is 2. The van der Waals surface area contributed by atoms with Gasteiger partial charge in [-0.05, 0) is 42.8 Å². The van der Waals surface area contributed by atoms with Crippen molar-refractivity contribution in [2.75, 3.05) is 10.6 Å². The van der Waals surface area contributed by atoms with Gasteiger partial charge < -0.3 is 15.7 Å². The molecule has 6 heteroatoms. The predicted molar refractivity (Wildman–Crippen MR) is 81.9 cm³/mol. The number of benzene rings is 2. The smallest absolute Gasteiger partial charge is 0.323 e. The van der Waals surface area contributed by atoms with Crippen LogP contribution in [-0.2, 0) is 0 Å². The van der Waals surface area contributed by atoms with Gasteiger partial charge in [0.05, 0.1) is 5.02 Å². The Balaban J connectivity index is 2.07. The highest BCUT2D eigenvalue weighted by Gasteiger charge is 2.07. The number of urea groups is 1. The minimum atomic E-state index is -0.419. The van der Waals surface area contributed by atoms with Gasteiger partial charge in [-0.3, -0.25) is 0 Å². The zero-order valence-electron chi connectivity index (χ0n) is 10.6. The number of aromatic hydroxyl groups is 1. The molecule has 0 aliphatic heterocycles. The fourth-order valence-electron chi connectivity index (χ4n) is 1.64. The number of nitrogens with one attached hydrogen (secondary N) is 2. The Kier molecular flexibility index (Phi) is 4.37. The van der Waals surface area contributed by atoms with Crippen LogP contribution in [0.25, 0.3) is 0 Å². The average molecular weight is 311 g/mol. The summed E-state index contributed by atoms with van der Waals surface area (Å²) in [6.45, 7) is 1.84. The van der Waals surface area contributed by atoms with Gasteiger partial charge in [-0.1, -0.05) is 23.2 Å². The molecule has 0 bridgehead atoms. The van der Waals surface area contributed by atoms with Crippen LogP contribution < -0.4 is 10.6 Å². The molecule has 0 aromatic heterocycles. The first-order valence-electron chi connectivity index (χ1n) is 5.78. The van der Waals surface area contributed by atoms with E-state index < -0.39 is 6.03 Å². The topological polar surface area (TPSA) is 61.4 Å². The molecule has 0 aliphatic carbocycles. The van der Waals surface area contributed by atoms with E-state index in [0.717, 1.165) is 5.56 Å². The molecule has 2 rings (SSSR count). The summed E-state index contributed by atoms with van der Waals surface area (Å²) in [6.07, 6.45) is 0. The van der Waals surface area contributed by atoms with Gasteiger partial charge in [0.15, 0.2) is 0 Å². The molecule has 2 aromatic carbocycles. The van der Waals surface area contributed by atoms with Crippen molar-refractivity contribution >= 4 is 40.6 Å². The molecule has 0 spiro atoms. The van der Waals surface area contributed by atoms with Crippen molar-refractivity contribution in [3.63, 3.8) is 0 Å². The number of anilines is 2. The molecule has 0 heterocycles. The van der Waals surface area contributed by atoms with Gasteiger partial charge in [0.25, 0.3) is 0 Å². The molecule has 0 unspecified atom stereocenters. The fourth-order valence-corrected chi connectivity index (χ4v) is 1.99. The largest absolute Gasteiger partial charge is 0.506 e. The van der Waals surface area contributed by atoms with E-state index in [4.69, 9.17) is 23.2 Å². The summed E-state index contributed by atoms with van der Waals surface area (Å²) in [5.41, 5.74) is 1.95. The Bertz CT molecular complexity index is 660. The molecule has 0 saturated heterocycles. The molecule has 0 atom stereocenters. The van der Waals surface area contributed by atoms with Crippen LogP contribution in [0.4, 0.5) is 16.2 Å². The van der Waals surface area contributed by atoms with Gasteiger partial charge in [-0.25, -0.2) is 4.79 Å². The van der Waals surface area contributed by atoms with Crippen LogP contribution in [0.1, 0.15) is 5.56 Å². The van der Waals surface area contributed by atoms with Crippen molar-refractivity contribution in [3.8, 4) is 5.75 Å². The van der Waals surface area contributed by atoms with E-state index >= 15 is 0 Å². The lowest BCUT2D eigenvalue weighted by Gasteiger charge is -2.10. The van der Waals surface area contributed by atoms with Crippen molar-refractivity contribution < 1.29 is 9.90 Å². The number of hydrogen-bond donors (Lipinski definition) is 3. The summed E-state index contributed by atoms with van der Waals surface area (Å²) in [4.78, 5) is 11.8. The van der Waals surface area contributed by atoms with Gasteiger partial charge >= 0.3 is 6.03 Å². The highest BCUT2D eigenvalue weighted by atomic mass is 35.5. The second kappa shape index (κ2) is 6.03. The van der Waals surface area contributed by atoms with E-state index in [1.807, 2.05) is 6.92 Å². The van der Waals surface area contributed by atoms with Crippen molar-refractivity contribution in [2.24, 2.45) is 0 Å². The summed E-state index contributed by atoms with van der Waals surface area (Å²) < 4.78 is 0. The summed E-state index contributed by atoms with van der Waals surface area (Å²) in [5.74, 6) is -0.0906. The Morgan fingerprint density at radius 3 is 2.50 bits per heavy atom. The molecule has 0 saturated carbocycles. The van der Waals surface area contributed by atoms with Gasteiger partial charge in [-0.15, -0.1) is 0 Å². The van der Waals surface area contributed by atoms with Crippen molar-refractivity contribution in [3.05, 3.63) is 52.0 Å². The maximum Gasteiger partial charge on any atom is 0.323 e. The van der Waals surface area contributed by atoms with Gasteiger partial charge in [-0.2, -0.15) is 0 Å². The number of phenolic OH excluding ortho intramolecular Hbond substituents is 1. The second-order valence-corrected chi connectivity index (χ2v) is 5.05. The van der Waals surface area contributed by atoms with E-state index in [0.29, 0.717) is 16.4 Å². The summed E-state index contributed by atoms with van der Waals surface area (Å²) in [6, 6.07) is 9.21. The number of carbonyl (C=O) groups is 1. The third-order valence-corrected chi connectivity index (χ3v) is 3.20. The predicted octanol–water partition coefficient (Wildman–Crippen LogP) is 4.65. The lowest BCUT2D eigenvalue weighted by Crippen LogP contribution is -2.19. The van der Waals surface area contributed by atoms with E-state index in [-0.39, 0.29) is 10.8 Å². The minimum absolute atomic E-state index is 0.0906. The van der Waals surface area contributed by atoms with Crippen molar-refractivity contribution in [1.82, 2.24) is 0 Å². The Labute approximate surface area is 126 Å². The van der Waals surface area contributed by atoms with Crippen LogP contribution in [0.3, 0.4) is 0 Å². The van der Waals surface area contributed by atoms with Crippen LogP contribution in [0.5, 0.6) is 5.75 Å². The second-order valence-electron chi connectivity index (χ2n) is 4.20. The number of amides is 2. The number of carbonyl (C=O) groups excluding carboxylic acids is 1. The van der Waals surface area contributed by atoms with Crippen LogP contribution in [0, 0.1) is 6.92 Å². The summed E-state index contributed by atoms with van der Waals surface area (Å²) in [7, 11) is 0. The van der Waals surface area contributed by atoms with Gasteiger partial charge in [0, 0.05) is 22.5 Å². The molecular weight excluding hydrogens is 299 g/mol. The molecule has 2 aromatic rings. The van der Waals surface area contributed by atoms with Crippen molar-refractivity contribution in [2.45, 2.75) is 6.92 Å². The molecule has 3 N–H and O–H groups in total. The zero-order chi connectivity index (χ0) is 14.7. The van der Waals surface area contributed by atoms with Crippen LogP contribution in [-0.4, -0.2) is 11.1 Å². The third kappa shape index (κ3) is 3.56. The first-order valence-corrected chi connectivity index (χ1v) is 6.54. The van der Waals surface area contributed by atoms with Crippen LogP contribution in [0.15, 0.2) is 36.4 Å². The first-order chi connectivity index (χ1) is 9.45. The third-order valence-electron chi connectivity index (χ3n) is 2.64. The molecule has 20 heavy (non-hydrogen) atoms. The van der Waals surface area contributed by atoms with Crippen LogP contribution in [0.2, 0.25) is 10.0 Å². The van der Waals surface area contributed by atoms with Gasteiger partial charge in [0.1, 0.15) is 5.75 Å². The first kappa shape index (κ1) is 14.5. The van der Waals surface area contributed by atoms with E-state index in [9.17, 15) is 9.90 Å². The fraction of sp³-hybridized carbons (Fsp3) is 0.0714. The molecule has 0 fully saturated rings. The standard InChI is InChI=1S/C14H12Cl2N2O2/c1-8-6-9(15)2-5-12(8)18-14(20)17-10-3-4-11(16)13(19)7-10/h2-7,19H,1H3,(H2,17,18,20). The average Bonchev–Trinajstić information content (AvgIpc) is 2.37. The number of rotatable bonds is 2. The molecule has 4 nitrogen and oxygen atoms in total. The Hall–Kier alpha value is -1.91. The number of phenols is 1. The monoisotopic (exact) mass is 310 g/mol. The lowest BCUT2D eigenvalue weighted by molar-refractivity contribution is 0.262. The zero-order valence-corrected chi connectivity index (χ0v) is 12.1. The number of aryl methyl sites for hydroxylation is 1. The van der Waals surface area contributed by atoms with E-state index in [1.54, 1.807) is 24.3 Å². The SMILES string of the molecule is Cc1cc(Cl)ccc1NC(=O)Nc1ccc(Cl)c(O)c1. The number of hydrogen-bond acceptors (Lipinski definition) is 2. The molecule has 104 valence electrons. The van der Waals surface area contributed by atoms with E-state index in [2.05, 4.69) is 10.6 Å². The summed E-state index contributed by atoms with van der Waals surface area (Å²) in [5, 5.41) is 15.6. The molecule has 0 aliphatic rings. The maximum absolute atomic E-state index is 11.8. The van der Waals surface area contributed by atoms with Gasteiger partial charge in [0.2, 0.25) is 0 Å². The minimum Gasteiger partial charge on any atom is -0.506 e. The van der Waals surface area contributed by atoms with Crippen molar-refractivity contribution in [1.29, 1.82) is 0 Å².